The molecule has 0 saturated carbocycles. The van der Waals surface area contributed by atoms with Crippen LogP contribution in [0.15, 0.2) is 47.2 Å². The van der Waals surface area contributed by atoms with Crippen LogP contribution in [0.2, 0.25) is 0 Å². The molecule has 23 heavy (non-hydrogen) atoms. The lowest BCUT2D eigenvalue weighted by Gasteiger charge is -2.01. The molecule has 0 atom stereocenters. The van der Waals surface area contributed by atoms with Crippen LogP contribution in [-0.2, 0) is 5.75 Å². The van der Waals surface area contributed by atoms with E-state index in [2.05, 4.69) is 16.0 Å². The molecule has 0 aliphatic rings. The molecule has 0 radical (unpaired) electrons. The third kappa shape index (κ3) is 2.42. The molecule has 0 unspecified atom stereocenters. The van der Waals surface area contributed by atoms with Crippen molar-refractivity contribution in [2.24, 2.45) is 0 Å². The summed E-state index contributed by atoms with van der Waals surface area (Å²) in [4.78, 5) is 9.76. The van der Waals surface area contributed by atoms with Crippen LogP contribution < -0.4 is 5.73 Å². The van der Waals surface area contributed by atoms with E-state index in [0.717, 1.165) is 21.3 Å². The van der Waals surface area contributed by atoms with Gasteiger partial charge in [0.05, 0.1) is 16.5 Å². The van der Waals surface area contributed by atoms with E-state index in [9.17, 15) is 5.26 Å². The number of nitrogens with two attached hydrogens (primary N) is 1. The standard InChI is InChI=1S/C16H11N5S2/c17-7-12-10(8-21-5-2-1-3-13(12)21)9-23-16-19-14(18)11-4-6-22-15(11)20-16/h1-6,8H,9H2,(H2,18,19,20). The minimum atomic E-state index is 0.501. The molecule has 4 heterocycles. The first kappa shape index (κ1) is 14.1. The van der Waals surface area contributed by atoms with Gasteiger partial charge in [0.1, 0.15) is 16.7 Å². The zero-order valence-corrected chi connectivity index (χ0v) is 13.6. The Morgan fingerprint density at radius 2 is 2.22 bits per heavy atom. The van der Waals surface area contributed by atoms with Crippen LogP contribution in [0.5, 0.6) is 0 Å². The fourth-order valence-electron chi connectivity index (χ4n) is 2.48. The van der Waals surface area contributed by atoms with Gasteiger partial charge in [-0.2, -0.15) is 5.26 Å². The summed E-state index contributed by atoms with van der Waals surface area (Å²) in [6.45, 7) is 0. The molecule has 0 saturated heterocycles. The first-order valence-corrected chi connectivity index (χ1v) is 8.75. The van der Waals surface area contributed by atoms with Gasteiger partial charge in [0, 0.05) is 18.1 Å². The average molecular weight is 337 g/mol. The number of fused-ring (bicyclic) bond motifs is 2. The Morgan fingerprint density at radius 3 is 3.09 bits per heavy atom. The summed E-state index contributed by atoms with van der Waals surface area (Å²) in [7, 11) is 0. The van der Waals surface area contributed by atoms with Crippen molar-refractivity contribution >= 4 is 44.6 Å². The molecule has 0 aliphatic heterocycles. The first-order chi connectivity index (χ1) is 11.3. The third-order valence-corrected chi connectivity index (χ3v) is 5.27. The van der Waals surface area contributed by atoms with E-state index in [-0.39, 0.29) is 0 Å². The van der Waals surface area contributed by atoms with Crippen LogP contribution >= 0.6 is 23.1 Å². The fraction of sp³-hybridized carbons (Fsp3) is 0.0625. The van der Waals surface area contributed by atoms with Crippen LogP contribution in [0, 0.1) is 11.3 Å². The Morgan fingerprint density at radius 1 is 1.30 bits per heavy atom. The van der Waals surface area contributed by atoms with Crippen molar-refractivity contribution in [1.82, 2.24) is 14.4 Å². The maximum Gasteiger partial charge on any atom is 0.191 e. The molecule has 2 N–H and O–H groups in total. The predicted molar refractivity (Wildman–Crippen MR) is 93.5 cm³/mol. The van der Waals surface area contributed by atoms with Gasteiger partial charge in [-0.1, -0.05) is 17.8 Å². The molecule has 0 amide bonds. The summed E-state index contributed by atoms with van der Waals surface area (Å²) >= 11 is 3.04. The van der Waals surface area contributed by atoms with Gasteiger partial charge in [-0.15, -0.1) is 11.3 Å². The van der Waals surface area contributed by atoms with Crippen molar-refractivity contribution in [3.8, 4) is 6.07 Å². The molecule has 0 bridgehead atoms. The van der Waals surface area contributed by atoms with Gasteiger partial charge in [-0.25, -0.2) is 9.97 Å². The highest BCUT2D eigenvalue weighted by molar-refractivity contribution is 7.98. The molecular weight excluding hydrogens is 326 g/mol. The van der Waals surface area contributed by atoms with E-state index >= 15 is 0 Å². The number of anilines is 1. The molecule has 0 spiro atoms. The molecule has 4 rings (SSSR count). The third-order valence-electron chi connectivity index (χ3n) is 3.56. The Balaban J connectivity index is 1.67. The van der Waals surface area contributed by atoms with Crippen molar-refractivity contribution in [1.29, 1.82) is 5.26 Å². The van der Waals surface area contributed by atoms with E-state index < -0.39 is 0 Å². The zero-order chi connectivity index (χ0) is 15.8. The van der Waals surface area contributed by atoms with Gasteiger partial charge in [-0.3, -0.25) is 0 Å². The summed E-state index contributed by atoms with van der Waals surface area (Å²) in [5, 5.41) is 12.9. The number of nitrogen functional groups attached to an aromatic ring is 1. The number of aromatic nitrogens is 3. The number of nitriles is 1. The molecule has 0 aromatic carbocycles. The number of pyridine rings is 1. The largest absolute Gasteiger partial charge is 0.383 e. The zero-order valence-electron chi connectivity index (χ0n) is 11.9. The van der Waals surface area contributed by atoms with Gasteiger partial charge in [0.2, 0.25) is 0 Å². The number of nitrogens with zero attached hydrogens (tertiary/aromatic N) is 4. The van der Waals surface area contributed by atoms with Crippen LogP contribution in [-0.4, -0.2) is 14.4 Å². The summed E-state index contributed by atoms with van der Waals surface area (Å²) in [6, 6.07) is 10.0. The molecule has 4 aromatic heterocycles. The fourth-order valence-corrected chi connectivity index (χ4v) is 4.13. The second-order valence-corrected chi connectivity index (χ2v) is 6.79. The molecule has 0 aliphatic carbocycles. The van der Waals surface area contributed by atoms with Gasteiger partial charge in [-0.05, 0) is 29.1 Å². The monoisotopic (exact) mass is 337 g/mol. The van der Waals surface area contributed by atoms with E-state index in [1.165, 1.54) is 11.8 Å². The second kappa shape index (κ2) is 5.57. The summed E-state index contributed by atoms with van der Waals surface area (Å²) in [6.07, 6.45) is 3.92. The molecule has 0 fully saturated rings. The lowest BCUT2D eigenvalue weighted by molar-refractivity contribution is 1.02. The minimum absolute atomic E-state index is 0.501. The quantitative estimate of drug-likeness (QED) is 0.455. The van der Waals surface area contributed by atoms with E-state index in [1.54, 1.807) is 11.3 Å². The van der Waals surface area contributed by atoms with Gasteiger partial charge >= 0.3 is 0 Å². The normalized spacial score (nSPS) is 11.1. The summed E-state index contributed by atoms with van der Waals surface area (Å²) in [5.74, 6) is 1.13. The maximum atomic E-state index is 9.44. The molecule has 5 nitrogen and oxygen atoms in total. The van der Waals surface area contributed by atoms with Gasteiger partial charge in [0.15, 0.2) is 5.16 Å². The summed E-state index contributed by atoms with van der Waals surface area (Å²) in [5.41, 5.74) is 8.56. The van der Waals surface area contributed by atoms with Crippen LogP contribution in [0.1, 0.15) is 11.1 Å². The first-order valence-electron chi connectivity index (χ1n) is 6.88. The highest BCUT2D eigenvalue weighted by Gasteiger charge is 2.12. The van der Waals surface area contributed by atoms with Crippen molar-refractivity contribution < 1.29 is 0 Å². The number of thioether (sulfide) groups is 1. The van der Waals surface area contributed by atoms with E-state index in [4.69, 9.17) is 5.73 Å². The number of thiophene rings is 1. The van der Waals surface area contributed by atoms with Gasteiger partial charge in [0.25, 0.3) is 0 Å². The van der Waals surface area contributed by atoms with Crippen molar-refractivity contribution in [2.75, 3.05) is 5.73 Å². The van der Waals surface area contributed by atoms with Crippen molar-refractivity contribution in [3.63, 3.8) is 0 Å². The van der Waals surface area contributed by atoms with Crippen molar-refractivity contribution in [2.45, 2.75) is 10.9 Å². The SMILES string of the molecule is N#Cc1c(CSc2nc(N)c3ccsc3n2)cn2ccccc12. The molecule has 112 valence electrons. The van der Waals surface area contributed by atoms with Crippen molar-refractivity contribution in [3.05, 3.63) is 53.2 Å². The van der Waals surface area contributed by atoms with E-state index in [1.807, 2.05) is 46.4 Å². The molecule has 4 aromatic rings. The van der Waals surface area contributed by atoms with E-state index in [0.29, 0.717) is 22.3 Å². The predicted octanol–water partition coefficient (Wildman–Crippen LogP) is 3.69. The minimum Gasteiger partial charge on any atom is -0.383 e. The Hall–Kier alpha value is -2.56. The lowest BCUT2D eigenvalue weighted by Crippen LogP contribution is -1.95. The number of hydrogen-bond acceptors (Lipinski definition) is 6. The number of rotatable bonds is 3. The van der Waals surface area contributed by atoms with Crippen LogP contribution in [0.3, 0.4) is 0 Å². The average Bonchev–Trinajstić information content (AvgIpc) is 3.16. The summed E-state index contributed by atoms with van der Waals surface area (Å²) < 4.78 is 1.96. The Bertz CT molecular complexity index is 1060. The smallest absolute Gasteiger partial charge is 0.191 e. The second-order valence-electron chi connectivity index (χ2n) is 4.95. The topological polar surface area (TPSA) is 80.0 Å². The lowest BCUT2D eigenvalue weighted by atomic mass is 10.2. The Kier molecular flexibility index (Phi) is 3.41. The Labute approximate surface area is 140 Å². The highest BCUT2D eigenvalue weighted by Crippen LogP contribution is 2.29. The van der Waals surface area contributed by atoms with Crippen LogP contribution in [0.4, 0.5) is 5.82 Å². The van der Waals surface area contributed by atoms with Crippen LogP contribution in [0.25, 0.3) is 15.7 Å². The molecule has 7 heteroatoms. The maximum absolute atomic E-state index is 9.44. The highest BCUT2D eigenvalue weighted by atomic mass is 32.2. The molecular formula is C16H11N5S2. The number of hydrogen-bond donors (Lipinski definition) is 1. The van der Waals surface area contributed by atoms with Gasteiger partial charge < -0.3 is 10.1 Å².